The number of hydrogen-bond acceptors (Lipinski definition) is 12. The van der Waals surface area contributed by atoms with E-state index in [9.17, 15) is 43.5 Å². The number of likely N-dealkylation sites (tertiary alicyclic amines) is 1. The number of rotatable bonds is 36. The van der Waals surface area contributed by atoms with Crippen molar-refractivity contribution in [3.63, 3.8) is 0 Å². The summed E-state index contributed by atoms with van der Waals surface area (Å²) >= 11 is 1.48. The minimum absolute atomic E-state index is 0.0250. The lowest BCUT2D eigenvalue weighted by molar-refractivity contribution is -0.142. The van der Waals surface area contributed by atoms with Crippen LogP contribution in [0.4, 0.5) is 0 Å². The fraction of sp³-hybridized carbons (Fsp3) is 0.470. The second-order valence-electron chi connectivity index (χ2n) is 23.1. The average Bonchev–Trinajstić information content (AvgIpc) is 3.03. The number of carbonyl (C=O) groups is 9. The van der Waals surface area contributed by atoms with Gasteiger partial charge < -0.3 is 63.7 Å². The summed E-state index contributed by atoms with van der Waals surface area (Å²) in [7, 11) is 0. The summed E-state index contributed by atoms with van der Waals surface area (Å²) < 4.78 is 0. The molecule has 6 rings (SSSR count). The number of hydrogen-bond donors (Lipinski definition) is 11. The van der Waals surface area contributed by atoms with Crippen molar-refractivity contribution in [2.75, 3.05) is 25.1 Å². The van der Waals surface area contributed by atoms with E-state index >= 15 is 4.79 Å². The minimum Gasteiger partial charge on any atom is -0.508 e. The summed E-state index contributed by atoms with van der Waals surface area (Å²) in [6, 6.07) is 22.5. The van der Waals surface area contributed by atoms with Crippen molar-refractivity contribution in [2.24, 2.45) is 17.4 Å². The number of fused-ring (bicyclic) bond motifs is 1. The lowest BCUT2D eigenvalue weighted by Gasteiger charge is -2.31. The molecule has 88 heavy (non-hydrogen) atoms. The highest BCUT2D eigenvalue weighted by molar-refractivity contribution is 7.98. The molecule has 4 aromatic carbocycles. The Bertz CT molecular complexity index is 3090. The number of aromatic hydroxyl groups is 1. The predicted octanol–water partition coefficient (Wildman–Crippen LogP) is 4.52. The fourth-order valence-electron chi connectivity index (χ4n) is 10.8. The highest BCUT2D eigenvalue weighted by atomic mass is 32.2. The van der Waals surface area contributed by atoms with E-state index in [1.807, 2.05) is 44.4 Å². The Morgan fingerprint density at radius 3 is 1.78 bits per heavy atom. The Hall–Kier alpha value is -8.24. The molecule has 8 atom stereocenters. The number of aromatic nitrogens is 1. The van der Waals surface area contributed by atoms with Crippen molar-refractivity contribution in [3.8, 4) is 5.75 Å². The number of para-hydroxylation sites is 1. The molecule has 0 bridgehead atoms. The molecule has 22 heteroatoms. The van der Waals surface area contributed by atoms with Crippen molar-refractivity contribution in [1.29, 1.82) is 0 Å². The molecule has 9 amide bonds. The molecule has 1 aliphatic heterocycles. The molecular formula is C66H89N11O10S. The van der Waals surface area contributed by atoms with Gasteiger partial charge in [0.2, 0.25) is 53.2 Å². The van der Waals surface area contributed by atoms with E-state index < -0.39 is 108 Å². The summed E-state index contributed by atoms with van der Waals surface area (Å²) in [6.07, 6.45) is 11.2. The molecule has 13 N–H and O–H groups in total. The van der Waals surface area contributed by atoms with Crippen LogP contribution >= 0.6 is 11.8 Å². The van der Waals surface area contributed by atoms with Gasteiger partial charge in [-0.15, -0.1) is 0 Å². The van der Waals surface area contributed by atoms with Gasteiger partial charge in [0, 0.05) is 49.3 Å². The van der Waals surface area contributed by atoms with Crippen molar-refractivity contribution in [3.05, 3.63) is 138 Å². The third-order valence-corrected chi connectivity index (χ3v) is 16.3. The maximum absolute atomic E-state index is 15.1. The molecule has 1 aromatic heterocycles. The number of aromatic amines is 1. The minimum atomic E-state index is -1.34. The molecule has 1 aliphatic rings. The van der Waals surface area contributed by atoms with Gasteiger partial charge in [-0.1, -0.05) is 150 Å². The van der Waals surface area contributed by atoms with E-state index in [1.165, 1.54) is 28.8 Å². The predicted molar refractivity (Wildman–Crippen MR) is 341 cm³/mol. The van der Waals surface area contributed by atoms with Gasteiger partial charge in [-0.3, -0.25) is 43.2 Å². The summed E-state index contributed by atoms with van der Waals surface area (Å²) in [4.78, 5) is 132. The van der Waals surface area contributed by atoms with Gasteiger partial charge in [0.1, 0.15) is 48.0 Å². The molecule has 1 saturated heterocycles. The number of nitrogens with two attached hydrogens (primary N) is 2. The number of phenolic OH excluding ortho intramolecular Hbond substituents is 1. The first kappa shape index (κ1) is 68.9. The number of amides is 9. The van der Waals surface area contributed by atoms with Crippen LogP contribution in [0.1, 0.15) is 114 Å². The molecule has 2 heterocycles. The quantitative estimate of drug-likeness (QED) is 0.0247. The van der Waals surface area contributed by atoms with Crippen LogP contribution in [0.3, 0.4) is 0 Å². The Kier molecular flexibility index (Phi) is 27.8. The van der Waals surface area contributed by atoms with E-state index in [0.717, 1.165) is 49.4 Å². The van der Waals surface area contributed by atoms with Crippen molar-refractivity contribution >= 4 is 75.8 Å². The van der Waals surface area contributed by atoms with Gasteiger partial charge in [0.25, 0.3) is 0 Å². The summed E-state index contributed by atoms with van der Waals surface area (Å²) in [5.74, 6) is -5.39. The molecule has 0 aliphatic carbocycles. The van der Waals surface area contributed by atoms with Crippen molar-refractivity contribution in [1.82, 2.24) is 47.1 Å². The molecule has 0 spiro atoms. The van der Waals surface area contributed by atoms with E-state index in [1.54, 1.807) is 79.0 Å². The van der Waals surface area contributed by atoms with Gasteiger partial charge in [0.05, 0.1) is 12.6 Å². The topological polar surface area (TPSA) is 329 Å². The standard InChI is InChI=1S/C66H89N11O10S/c1-5-6-7-8-9-16-25-49(67)60(81)76-56(38-45-28-30-47(78)31-29-45)66(87)77-33-19-27-57(77)65(86)75-55(39-46-40-69-50-26-18-17-24-48(46)50)64(85)74-54(37-44-22-14-11-15-23-44)63(84)73-53(36-43-20-12-10-13-21-43)61(82)70-41-58(79)71-52(35-42(2)3)62(83)72-51(59(68)80)32-34-88-4/h10-15,17-18,20-24,26,28-31,40,42,49,51-57,69,78H,5-9,16,19,25,27,32-39,41,67H2,1-4H3,(H2,68,80)(H,70,82)(H,71,79)(H,72,83)(H,73,84)(H,74,85)(H,75,86)(H,76,81)/t49?,51-,52-,53-,54-,55-,56-,57-/m0/s1. The van der Waals surface area contributed by atoms with Gasteiger partial charge in [-0.05, 0) is 90.5 Å². The molecule has 474 valence electrons. The zero-order chi connectivity index (χ0) is 63.5. The van der Waals surface area contributed by atoms with E-state index in [2.05, 4.69) is 49.1 Å². The van der Waals surface area contributed by atoms with Gasteiger partial charge >= 0.3 is 0 Å². The largest absolute Gasteiger partial charge is 0.508 e. The average molecular weight is 1230 g/mol. The highest BCUT2D eigenvalue weighted by Crippen LogP contribution is 2.24. The second-order valence-corrected chi connectivity index (χ2v) is 24.1. The molecular weight excluding hydrogens is 1140 g/mol. The zero-order valence-electron chi connectivity index (χ0n) is 51.0. The van der Waals surface area contributed by atoms with Crippen molar-refractivity contribution in [2.45, 2.75) is 165 Å². The highest BCUT2D eigenvalue weighted by Gasteiger charge is 2.40. The van der Waals surface area contributed by atoms with Crippen LogP contribution in [0.5, 0.6) is 5.75 Å². The first-order valence-electron chi connectivity index (χ1n) is 30.7. The van der Waals surface area contributed by atoms with E-state index in [-0.39, 0.29) is 56.7 Å². The molecule has 1 fully saturated rings. The summed E-state index contributed by atoms with van der Waals surface area (Å²) in [6.45, 7) is 5.47. The maximum Gasteiger partial charge on any atom is 0.246 e. The lowest BCUT2D eigenvalue weighted by Crippen LogP contribution is -2.60. The third kappa shape index (κ3) is 21.9. The summed E-state index contributed by atoms with van der Waals surface area (Å²) in [5, 5.41) is 30.4. The lowest BCUT2D eigenvalue weighted by atomic mass is 10.0. The summed E-state index contributed by atoms with van der Waals surface area (Å²) in [5.41, 5.74) is 15.4. The van der Waals surface area contributed by atoms with E-state index in [4.69, 9.17) is 11.5 Å². The number of nitrogens with zero attached hydrogens (tertiary/aromatic N) is 1. The first-order valence-corrected chi connectivity index (χ1v) is 32.1. The second kappa shape index (κ2) is 35.5. The monoisotopic (exact) mass is 1230 g/mol. The van der Waals surface area contributed by atoms with Crippen LogP contribution in [0.25, 0.3) is 10.9 Å². The number of phenols is 1. The van der Waals surface area contributed by atoms with E-state index in [0.29, 0.717) is 47.3 Å². The van der Waals surface area contributed by atoms with Crippen LogP contribution in [0, 0.1) is 5.92 Å². The molecule has 21 nitrogen and oxygen atoms in total. The number of H-pyrrole nitrogens is 1. The van der Waals surface area contributed by atoms with Crippen LogP contribution in [0.15, 0.2) is 115 Å². The third-order valence-electron chi connectivity index (χ3n) is 15.7. The SMILES string of the molecule is CCCCCCCCC(N)C(=O)N[C@@H](Cc1ccc(O)cc1)C(=O)N1CCC[C@H]1C(=O)N[C@@H](Cc1c[nH]c2ccccc12)C(=O)N[C@@H](Cc1ccccc1)C(=O)N[C@@H](Cc1ccccc1)C(=O)NCC(=O)N[C@@H](CC(C)C)C(=O)N[C@@H](CCSC)C(N)=O. The number of primary amides is 1. The van der Waals surface area contributed by atoms with Gasteiger partial charge in [0.15, 0.2) is 0 Å². The molecule has 0 saturated carbocycles. The van der Waals surface area contributed by atoms with Crippen molar-refractivity contribution < 1.29 is 48.3 Å². The zero-order valence-corrected chi connectivity index (χ0v) is 51.8. The molecule has 5 aromatic rings. The Morgan fingerprint density at radius 1 is 0.614 bits per heavy atom. The first-order chi connectivity index (χ1) is 42.3. The molecule has 1 unspecified atom stereocenters. The van der Waals surface area contributed by atoms with Crippen LogP contribution < -0.4 is 48.7 Å². The van der Waals surface area contributed by atoms with Crippen LogP contribution in [0.2, 0.25) is 0 Å². The Balaban J connectivity index is 1.23. The van der Waals surface area contributed by atoms with Gasteiger partial charge in [-0.25, -0.2) is 0 Å². The smallest absolute Gasteiger partial charge is 0.246 e. The Labute approximate surface area is 520 Å². The maximum atomic E-state index is 15.1. The number of carbonyl (C=O) groups excluding carboxylic acids is 9. The number of nitrogens with one attached hydrogen (secondary N) is 8. The van der Waals surface area contributed by atoms with Gasteiger partial charge in [-0.2, -0.15) is 11.8 Å². The number of thioether (sulfide) groups is 1. The number of unbranched alkanes of at least 4 members (excludes halogenated alkanes) is 5. The van der Waals surface area contributed by atoms with Crippen LogP contribution in [-0.4, -0.2) is 142 Å². The Morgan fingerprint density at radius 2 is 1.16 bits per heavy atom. The normalized spacial score (nSPS) is 15.4. The molecule has 0 radical (unpaired) electrons. The van der Waals surface area contributed by atoms with Crippen LogP contribution in [-0.2, 0) is 68.8 Å². The number of benzene rings is 4. The fourth-order valence-corrected chi connectivity index (χ4v) is 11.3.